The van der Waals surface area contributed by atoms with Crippen LogP contribution in [0, 0.1) is 0 Å². The van der Waals surface area contributed by atoms with E-state index in [1.807, 2.05) is 17.0 Å². The van der Waals surface area contributed by atoms with Gasteiger partial charge < -0.3 is 19.3 Å². The van der Waals surface area contributed by atoms with Crippen molar-refractivity contribution < 1.29 is 19.2 Å². The molecule has 28 heavy (non-hydrogen) atoms. The number of nitrogens with zero attached hydrogens (tertiary/aromatic N) is 1. The molecule has 1 saturated heterocycles. The zero-order valence-corrected chi connectivity index (χ0v) is 17.2. The second-order valence-electron chi connectivity index (χ2n) is 7.10. The Hall–Kier alpha value is -2.02. The zero-order valence-electron chi connectivity index (χ0n) is 15.7. The van der Waals surface area contributed by atoms with Gasteiger partial charge >= 0.3 is 0 Å². The molecule has 0 aliphatic carbocycles. The molecule has 0 atom stereocenters. The average Bonchev–Trinajstić information content (AvgIpc) is 3.09. The molecule has 0 bridgehead atoms. The topological polar surface area (TPSA) is 43.2 Å². The fraction of sp³-hybridized carbons (Fsp3) is 0.381. The number of benzene rings is 1. The number of rotatable bonds is 4. The first-order valence-corrected chi connectivity index (χ1v) is 10.9. The van der Waals surface area contributed by atoms with Gasteiger partial charge in [0.1, 0.15) is 6.54 Å². The average molecular weight is 420 g/mol. The number of hydrogen-bond donors (Lipinski definition) is 1. The molecule has 148 valence electrons. The van der Waals surface area contributed by atoms with Crippen molar-refractivity contribution in [1.29, 1.82) is 0 Å². The number of nitrogens with one attached hydrogen (secondary N) is 1. The number of quaternary nitrogens is 1. The highest BCUT2D eigenvalue weighted by Gasteiger charge is 2.22. The van der Waals surface area contributed by atoms with E-state index in [0.29, 0.717) is 29.7 Å². The van der Waals surface area contributed by atoms with Crippen LogP contribution in [-0.4, -0.2) is 50.2 Å². The summed E-state index contributed by atoms with van der Waals surface area (Å²) in [6.07, 6.45) is 4.25. The van der Waals surface area contributed by atoms with Crippen LogP contribution in [0.1, 0.15) is 17.5 Å². The Labute approximate surface area is 174 Å². The third-order valence-electron chi connectivity index (χ3n) is 5.06. The standard InChI is InChI=1S/C21H23ClN2O3S/c22-18-12-16(13-19-21(18)27-10-1-9-26-19)2-3-20(25)24-7-5-23(6-8-24)14-17-4-11-28-15-17/h2-4,11-13,15H,1,5-10,14H2/p+1/b3-2+. The number of carbonyl (C=O) groups excluding carboxylic acids is 1. The first kappa shape index (κ1) is 19.3. The van der Waals surface area contributed by atoms with E-state index < -0.39 is 0 Å². The van der Waals surface area contributed by atoms with Gasteiger partial charge in [0.05, 0.1) is 44.4 Å². The maximum Gasteiger partial charge on any atom is 0.246 e. The zero-order chi connectivity index (χ0) is 19.3. The molecule has 1 aromatic carbocycles. The van der Waals surface area contributed by atoms with Gasteiger partial charge in [-0.2, -0.15) is 11.3 Å². The molecule has 0 unspecified atom stereocenters. The fourth-order valence-corrected chi connectivity index (χ4v) is 4.46. The molecule has 5 nitrogen and oxygen atoms in total. The van der Waals surface area contributed by atoms with Crippen LogP contribution in [0.3, 0.4) is 0 Å². The lowest BCUT2D eigenvalue weighted by Gasteiger charge is -2.31. The number of amides is 1. The van der Waals surface area contributed by atoms with Crippen LogP contribution in [-0.2, 0) is 11.3 Å². The summed E-state index contributed by atoms with van der Waals surface area (Å²) in [5, 5.41) is 4.83. The van der Waals surface area contributed by atoms with Crippen molar-refractivity contribution in [2.45, 2.75) is 13.0 Å². The van der Waals surface area contributed by atoms with Gasteiger partial charge in [-0.25, -0.2) is 0 Å². The fourth-order valence-electron chi connectivity index (χ4n) is 3.52. The van der Waals surface area contributed by atoms with Crippen LogP contribution in [0.25, 0.3) is 6.08 Å². The van der Waals surface area contributed by atoms with Gasteiger partial charge in [0.25, 0.3) is 0 Å². The van der Waals surface area contributed by atoms with E-state index in [4.69, 9.17) is 21.1 Å². The van der Waals surface area contributed by atoms with Crippen LogP contribution in [0.5, 0.6) is 11.5 Å². The summed E-state index contributed by atoms with van der Waals surface area (Å²) in [6.45, 7) is 5.76. The van der Waals surface area contributed by atoms with E-state index in [9.17, 15) is 4.79 Å². The van der Waals surface area contributed by atoms with Gasteiger partial charge in [0.2, 0.25) is 5.91 Å². The van der Waals surface area contributed by atoms with Crippen LogP contribution < -0.4 is 14.4 Å². The van der Waals surface area contributed by atoms with E-state index in [1.165, 1.54) is 10.5 Å². The minimum atomic E-state index is 0.0396. The van der Waals surface area contributed by atoms with Gasteiger partial charge in [0.15, 0.2) is 11.5 Å². The number of ether oxygens (including phenoxy) is 2. The Bertz CT molecular complexity index is 846. The maximum atomic E-state index is 12.6. The lowest BCUT2D eigenvalue weighted by molar-refractivity contribution is -0.917. The Morgan fingerprint density at radius 2 is 2.07 bits per heavy atom. The van der Waals surface area contributed by atoms with Crippen molar-refractivity contribution in [1.82, 2.24) is 4.90 Å². The second-order valence-corrected chi connectivity index (χ2v) is 8.28. The summed E-state index contributed by atoms with van der Waals surface area (Å²) in [5.41, 5.74) is 2.22. The van der Waals surface area contributed by atoms with E-state index >= 15 is 0 Å². The van der Waals surface area contributed by atoms with Crippen molar-refractivity contribution in [2.75, 3.05) is 39.4 Å². The number of carbonyl (C=O) groups is 1. The summed E-state index contributed by atoms with van der Waals surface area (Å²) in [7, 11) is 0. The molecule has 0 radical (unpaired) electrons. The van der Waals surface area contributed by atoms with E-state index in [-0.39, 0.29) is 5.91 Å². The van der Waals surface area contributed by atoms with Crippen LogP contribution in [0.15, 0.2) is 35.0 Å². The molecule has 4 rings (SSSR count). The predicted octanol–water partition coefficient (Wildman–Crippen LogP) is 2.50. The number of halogens is 1. The van der Waals surface area contributed by atoms with E-state index in [2.05, 4.69) is 16.8 Å². The van der Waals surface area contributed by atoms with Gasteiger partial charge in [0, 0.05) is 18.1 Å². The van der Waals surface area contributed by atoms with E-state index in [1.54, 1.807) is 23.5 Å². The Morgan fingerprint density at radius 3 is 2.86 bits per heavy atom. The molecule has 1 aromatic heterocycles. The van der Waals surface area contributed by atoms with Crippen molar-refractivity contribution in [3.05, 3.63) is 51.2 Å². The van der Waals surface area contributed by atoms with Crippen molar-refractivity contribution in [3.8, 4) is 11.5 Å². The lowest BCUT2D eigenvalue weighted by atomic mass is 10.1. The summed E-state index contributed by atoms with van der Waals surface area (Å²) < 4.78 is 11.4. The SMILES string of the molecule is O=C(/C=C/c1cc(Cl)c2c(c1)OCCCO2)N1CC[NH+](Cc2ccsc2)CC1. The van der Waals surface area contributed by atoms with E-state index in [0.717, 1.165) is 44.7 Å². The Kier molecular flexibility index (Phi) is 6.20. The minimum absolute atomic E-state index is 0.0396. The summed E-state index contributed by atoms with van der Waals surface area (Å²) >= 11 is 8.06. The largest absolute Gasteiger partial charge is 0.489 e. The second kappa shape index (κ2) is 8.99. The van der Waals surface area contributed by atoms with Gasteiger partial charge in [-0.3, -0.25) is 4.79 Å². The highest BCUT2D eigenvalue weighted by atomic mass is 35.5. The number of hydrogen-bond acceptors (Lipinski definition) is 4. The number of fused-ring (bicyclic) bond motifs is 1. The quantitative estimate of drug-likeness (QED) is 0.774. The number of piperazine rings is 1. The minimum Gasteiger partial charge on any atom is -0.489 e. The molecule has 1 N–H and O–H groups in total. The summed E-state index contributed by atoms with van der Waals surface area (Å²) in [6, 6.07) is 5.86. The predicted molar refractivity (Wildman–Crippen MR) is 111 cm³/mol. The molecule has 2 aromatic rings. The Morgan fingerprint density at radius 1 is 1.25 bits per heavy atom. The van der Waals surface area contributed by atoms with Crippen molar-refractivity contribution >= 4 is 34.9 Å². The molecule has 7 heteroatoms. The van der Waals surface area contributed by atoms with Crippen molar-refractivity contribution in [2.24, 2.45) is 0 Å². The summed E-state index contributed by atoms with van der Waals surface area (Å²) in [5.74, 6) is 1.27. The lowest BCUT2D eigenvalue weighted by Crippen LogP contribution is -3.13. The molecule has 1 fully saturated rings. The molecular weight excluding hydrogens is 396 g/mol. The molecule has 3 heterocycles. The van der Waals surface area contributed by atoms with Crippen molar-refractivity contribution in [3.63, 3.8) is 0 Å². The third kappa shape index (κ3) is 4.69. The molecular formula is C21H24ClN2O3S+. The molecule has 0 spiro atoms. The summed E-state index contributed by atoms with van der Waals surface area (Å²) in [4.78, 5) is 16.0. The monoisotopic (exact) mass is 419 g/mol. The normalized spacial score (nSPS) is 17.7. The molecule has 1 amide bonds. The van der Waals surface area contributed by atoms with Gasteiger partial charge in [-0.1, -0.05) is 11.6 Å². The smallest absolute Gasteiger partial charge is 0.246 e. The molecule has 2 aliphatic heterocycles. The van der Waals surface area contributed by atoms with Crippen LogP contribution in [0.4, 0.5) is 0 Å². The van der Waals surface area contributed by atoms with Crippen LogP contribution in [0.2, 0.25) is 5.02 Å². The molecule has 2 aliphatic rings. The van der Waals surface area contributed by atoms with Crippen LogP contribution >= 0.6 is 22.9 Å². The maximum absolute atomic E-state index is 12.6. The van der Waals surface area contributed by atoms with Gasteiger partial charge in [-0.05, 0) is 40.6 Å². The highest BCUT2D eigenvalue weighted by Crippen LogP contribution is 2.38. The first-order chi connectivity index (χ1) is 13.7. The third-order valence-corrected chi connectivity index (χ3v) is 6.07. The molecule has 0 saturated carbocycles. The number of thiophene rings is 1. The Balaban J connectivity index is 1.34. The highest BCUT2D eigenvalue weighted by molar-refractivity contribution is 7.07. The first-order valence-electron chi connectivity index (χ1n) is 9.60. The van der Waals surface area contributed by atoms with Gasteiger partial charge in [-0.15, -0.1) is 0 Å².